The van der Waals surface area contributed by atoms with E-state index in [1.165, 1.54) is 64.0 Å². The number of aliphatic carboxylic acids is 1. The molecule has 0 aromatic rings. The molecule has 0 radical (unpaired) electrons. The molecule has 0 rings (SSSR count). The Labute approximate surface area is 162 Å². The Balaban J connectivity index is 3.53. The van der Waals surface area contributed by atoms with E-state index in [2.05, 4.69) is 12.2 Å². The molecule has 0 saturated carbocycles. The topological polar surface area (TPSA) is 89.5 Å². The number of carboxylic acid groups (broad SMARTS) is 1. The van der Waals surface area contributed by atoms with Gasteiger partial charge in [0.1, 0.15) is 11.8 Å². The molecule has 154 valence electrons. The van der Waals surface area contributed by atoms with Crippen LogP contribution in [-0.2, 0) is 20.8 Å². The quantitative estimate of drug-likeness (QED) is 0.268. The van der Waals surface area contributed by atoms with Crippen molar-refractivity contribution in [2.24, 2.45) is 0 Å². The van der Waals surface area contributed by atoms with Crippen molar-refractivity contribution < 1.29 is 19.2 Å². The maximum Gasteiger partial charge on any atom is 0.326 e. The molecule has 6 heteroatoms. The van der Waals surface area contributed by atoms with Gasteiger partial charge in [-0.25, -0.2) is 4.79 Å². The van der Waals surface area contributed by atoms with E-state index in [9.17, 15) is 14.1 Å². The van der Waals surface area contributed by atoms with E-state index in [0.717, 1.165) is 19.3 Å². The first-order valence-electron chi connectivity index (χ1n) is 10.3. The highest BCUT2D eigenvalue weighted by molar-refractivity contribution is 7.90. The summed E-state index contributed by atoms with van der Waals surface area (Å²) in [6.45, 7) is 2.24. The fraction of sp³-hybridized carbons (Fsp3) is 0.900. The van der Waals surface area contributed by atoms with Gasteiger partial charge in [-0.2, -0.15) is 0 Å². The molecule has 2 N–H and O–H groups in total. The highest BCUT2D eigenvalue weighted by Crippen LogP contribution is 2.12. The summed E-state index contributed by atoms with van der Waals surface area (Å²) in [6, 6.07) is -0.927. The minimum atomic E-state index is -1.06. The summed E-state index contributed by atoms with van der Waals surface area (Å²) >= 11 is -1.05. The molecular formula is C20H39NO4S. The molecule has 0 aliphatic carbocycles. The third-order valence-corrected chi connectivity index (χ3v) is 5.40. The minimum absolute atomic E-state index is 0.211. The van der Waals surface area contributed by atoms with Crippen molar-refractivity contribution in [3.8, 4) is 0 Å². The van der Waals surface area contributed by atoms with Gasteiger partial charge in [0.25, 0.3) is 0 Å². The first kappa shape index (κ1) is 25.2. The van der Waals surface area contributed by atoms with Crippen molar-refractivity contribution in [2.45, 2.75) is 103 Å². The van der Waals surface area contributed by atoms with E-state index in [0.29, 0.717) is 6.42 Å². The number of hydrogen-bond donors (Lipinski definition) is 2. The zero-order valence-corrected chi connectivity index (χ0v) is 17.6. The maximum absolute atomic E-state index is 11.8. The smallest absolute Gasteiger partial charge is 0.326 e. The predicted molar refractivity (Wildman–Crippen MR) is 109 cm³/mol. The maximum atomic E-state index is 11.8. The molecule has 0 aromatic carbocycles. The number of carboxylic acids is 1. The van der Waals surface area contributed by atoms with Gasteiger partial charge in [0.15, 0.2) is 0 Å². The van der Waals surface area contributed by atoms with Gasteiger partial charge in [-0.05, 0) is 6.42 Å². The lowest BCUT2D eigenvalue weighted by atomic mass is 10.0. The van der Waals surface area contributed by atoms with Crippen molar-refractivity contribution in [2.75, 3.05) is 12.0 Å². The summed E-state index contributed by atoms with van der Waals surface area (Å²) in [7, 11) is 0. The SMILES string of the molecule is CCCCCCCCCCCCCCC(=O)NC(CC[S+](C)[O-])C(=O)O. The first-order chi connectivity index (χ1) is 12.5. The second-order valence-corrected chi connectivity index (χ2v) is 8.72. The van der Waals surface area contributed by atoms with Gasteiger partial charge in [0.2, 0.25) is 5.91 Å². The number of nitrogens with one attached hydrogen (secondary N) is 1. The van der Waals surface area contributed by atoms with E-state index < -0.39 is 23.2 Å². The molecule has 0 fully saturated rings. The van der Waals surface area contributed by atoms with Crippen LogP contribution in [0.25, 0.3) is 0 Å². The standard InChI is InChI=1S/C20H39NO4S/c1-3-4-5-6-7-8-9-10-11-12-13-14-15-19(22)21-18(20(23)24)16-17-26(2)25/h18H,3-17H2,1-2H3,(H,21,22)(H,23,24). The van der Waals surface area contributed by atoms with Crippen LogP contribution in [0, 0.1) is 0 Å². The second kappa shape index (κ2) is 17.7. The fourth-order valence-corrected chi connectivity index (χ4v) is 3.50. The Morgan fingerprint density at radius 1 is 0.923 bits per heavy atom. The summed E-state index contributed by atoms with van der Waals surface area (Å²) in [6.07, 6.45) is 17.0. The van der Waals surface area contributed by atoms with Crippen LogP contribution < -0.4 is 5.32 Å². The number of unbranched alkanes of at least 4 members (excludes halogenated alkanes) is 11. The highest BCUT2D eigenvalue weighted by Gasteiger charge is 2.21. The van der Waals surface area contributed by atoms with Gasteiger partial charge in [0.05, 0.1) is 6.26 Å². The van der Waals surface area contributed by atoms with Crippen LogP contribution in [0.5, 0.6) is 0 Å². The number of amides is 1. The molecule has 0 spiro atoms. The monoisotopic (exact) mass is 389 g/mol. The number of rotatable bonds is 18. The lowest BCUT2D eigenvalue weighted by Crippen LogP contribution is -2.41. The zero-order valence-electron chi connectivity index (χ0n) is 16.8. The van der Waals surface area contributed by atoms with Crippen LogP contribution in [0.2, 0.25) is 0 Å². The molecule has 0 saturated heterocycles. The Hall–Kier alpha value is -0.750. The molecule has 0 aromatic heterocycles. The lowest BCUT2D eigenvalue weighted by molar-refractivity contribution is -0.141. The summed E-state index contributed by atoms with van der Waals surface area (Å²) in [4.78, 5) is 22.9. The third kappa shape index (κ3) is 16.7. The number of hydrogen-bond acceptors (Lipinski definition) is 3. The van der Waals surface area contributed by atoms with E-state index >= 15 is 0 Å². The van der Waals surface area contributed by atoms with E-state index in [4.69, 9.17) is 5.11 Å². The van der Waals surface area contributed by atoms with Gasteiger partial charge in [-0.15, -0.1) is 0 Å². The average molecular weight is 390 g/mol. The summed E-state index contributed by atoms with van der Waals surface area (Å²) in [5, 5.41) is 11.6. The van der Waals surface area contributed by atoms with Crippen LogP contribution >= 0.6 is 0 Å². The molecule has 2 unspecified atom stereocenters. The Kier molecular flexibility index (Phi) is 17.1. The number of carbonyl (C=O) groups is 2. The molecule has 26 heavy (non-hydrogen) atoms. The van der Waals surface area contributed by atoms with Crippen LogP contribution in [0.4, 0.5) is 0 Å². The van der Waals surface area contributed by atoms with Gasteiger partial charge >= 0.3 is 5.97 Å². The molecule has 0 aliphatic heterocycles. The molecule has 1 amide bonds. The lowest BCUT2D eigenvalue weighted by Gasteiger charge is -2.14. The normalized spacial score (nSPS) is 13.3. The van der Waals surface area contributed by atoms with E-state index in [1.54, 1.807) is 0 Å². The summed E-state index contributed by atoms with van der Waals surface area (Å²) in [5.41, 5.74) is 0. The summed E-state index contributed by atoms with van der Waals surface area (Å²) < 4.78 is 11.1. The van der Waals surface area contributed by atoms with Crippen molar-refractivity contribution >= 4 is 23.1 Å². The zero-order chi connectivity index (χ0) is 19.6. The number of carbonyl (C=O) groups excluding carboxylic acids is 1. The third-order valence-electron chi connectivity index (χ3n) is 4.58. The fourth-order valence-electron chi connectivity index (χ4n) is 2.93. The van der Waals surface area contributed by atoms with Gasteiger partial charge in [-0.1, -0.05) is 88.7 Å². The van der Waals surface area contributed by atoms with Crippen LogP contribution in [0.3, 0.4) is 0 Å². The van der Waals surface area contributed by atoms with Crippen molar-refractivity contribution in [3.05, 3.63) is 0 Å². The Bertz CT molecular complexity index is 364. The van der Waals surface area contributed by atoms with Gasteiger partial charge < -0.3 is 15.0 Å². The largest absolute Gasteiger partial charge is 0.617 e. The van der Waals surface area contributed by atoms with Crippen LogP contribution in [0.15, 0.2) is 0 Å². The van der Waals surface area contributed by atoms with Gasteiger partial charge in [-0.3, -0.25) is 4.79 Å². The van der Waals surface area contributed by atoms with Crippen molar-refractivity contribution in [1.29, 1.82) is 0 Å². The Morgan fingerprint density at radius 2 is 1.38 bits per heavy atom. The molecule has 5 nitrogen and oxygen atoms in total. The van der Waals surface area contributed by atoms with Gasteiger partial charge in [0, 0.05) is 12.8 Å². The molecule has 0 aliphatic rings. The summed E-state index contributed by atoms with van der Waals surface area (Å²) in [5.74, 6) is -0.986. The van der Waals surface area contributed by atoms with Crippen LogP contribution in [-0.4, -0.2) is 39.6 Å². The molecule has 2 atom stereocenters. The molecule has 0 bridgehead atoms. The molecule has 0 heterocycles. The van der Waals surface area contributed by atoms with E-state index in [1.807, 2.05) is 0 Å². The highest BCUT2D eigenvalue weighted by atomic mass is 32.2. The average Bonchev–Trinajstić information content (AvgIpc) is 2.59. The molecular weight excluding hydrogens is 350 g/mol. The van der Waals surface area contributed by atoms with Crippen molar-refractivity contribution in [3.63, 3.8) is 0 Å². The van der Waals surface area contributed by atoms with E-state index in [-0.39, 0.29) is 18.1 Å². The predicted octanol–water partition coefficient (Wildman–Crippen LogP) is 4.42. The minimum Gasteiger partial charge on any atom is -0.617 e. The second-order valence-electron chi connectivity index (χ2n) is 7.16. The van der Waals surface area contributed by atoms with Crippen molar-refractivity contribution in [1.82, 2.24) is 5.32 Å². The van der Waals surface area contributed by atoms with Crippen LogP contribution in [0.1, 0.15) is 96.8 Å². The Morgan fingerprint density at radius 3 is 1.81 bits per heavy atom. The first-order valence-corrected chi connectivity index (χ1v) is 12.0.